The first-order chi connectivity index (χ1) is 9.21. The third kappa shape index (κ3) is 2.41. The molecule has 2 rings (SSSR count). The molecule has 0 amide bonds. The number of carboxylic acid groups (broad SMARTS) is 1. The number of aromatic nitrogens is 1. The van der Waals surface area contributed by atoms with Crippen molar-refractivity contribution in [3.05, 3.63) is 52.8 Å². The van der Waals surface area contributed by atoms with E-state index in [1.54, 1.807) is 30.5 Å². The molecule has 1 aromatic heterocycles. The van der Waals surface area contributed by atoms with Gasteiger partial charge in [0.1, 0.15) is 0 Å². The maximum Gasteiger partial charge on any atom is 0.416 e. The molecule has 20 heavy (non-hydrogen) atoms. The number of carboxylic acids is 1. The lowest BCUT2D eigenvalue weighted by Gasteiger charge is -2.15. The Bertz CT molecular complexity index is 652. The van der Waals surface area contributed by atoms with Crippen molar-refractivity contribution in [2.45, 2.75) is 20.0 Å². The molecule has 6 heteroatoms. The molecule has 0 saturated carbocycles. The van der Waals surface area contributed by atoms with E-state index in [2.05, 4.69) is 0 Å². The molecule has 1 heterocycles. The van der Waals surface area contributed by atoms with E-state index in [1.165, 1.54) is 6.07 Å². The third-order valence-corrected chi connectivity index (χ3v) is 3.07. The average molecular weight is 283 g/mol. The van der Waals surface area contributed by atoms with Gasteiger partial charge in [-0.15, -0.1) is 0 Å². The van der Waals surface area contributed by atoms with Crippen LogP contribution in [0.15, 0.2) is 30.3 Å². The maximum atomic E-state index is 12.7. The summed E-state index contributed by atoms with van der Waals surface area (Å²) in [7, 11) is 0. The van der Waals surface area contributed by atoms with Crippen LogP contribution in [0, 0.1) is 13.8 Å². The van der Waals surface area contributed by atoms with Gasteiger partial charge in [-0.3, -0.25) is 0 Å². The summed E-state index contributed by atoms with van der Waals surface area (Å²) in [5, 5.41) is 9.16. The number of carbonyl (C=O) groups is 1. The van der Waals surface area contributed by atoms with Gasteiger partial charge in [0.25, 0.3) is 0 Å². The van der Waals surface area contributed by atoms with Crippen LogP contribution in [0.25, 0.3) is 5.69 Å². The van der Waals surface area contributed by atoms with Crippen LogP contribution in [0.2, 0.25) is 0 Å². The molecule has 0 unspecified atom stereocenters. The van der Waals surface area contributed by atoms with Crippen molar-refractivity contribution >= 4 is 5.97 Å². The van der Waals surface area contributed by atoms with Crippen LogP contribution in [0.4, 0.5) is 13.2 Å². The van der Waals surface area contributed by atoms with Gasteiger partial charge < -0.3 is 9.67 Å². The van der Waals surface area contributed by atoms with Crippen LogP contribution in [-0.4, -0.2) is 15.6 Å². The van der Waals surface area contributed by atoms with E-state index >= 15 is 0 Å². The first-order valence-electron chi connectivity index (χ1n) is 5.81. The molecule has 0 aliphatic rings. The van der Waals surface area contributed by atoms with Gasteiger partial charge in [-0.05, 0) is 44.2 Å². The zero-order valence-corrected chi connectivity index (χ0v) is 10.8. The molecule has 1 aromatic carbocycles. The minimum atomic E-state index is -4.57. The van der Waals surface area contributed by atoms with E-state index in [-0.39, 0.29) is 11.3 Å². The standard InChI is InChI=1S/C14H12F3NO2/c1-8-3-4-9(2)18(8)12-6-5-10(14(15,16)17)7-11(12)13(19)20/h3-7H,1-2H3,(H,19,20). The van der Waals surface area contributed by atoms with Gasteiger partial charge in [-0.25, -0.2) is 4.79 Å². The Balaban J connectivity index is 2.69. The fourth-order valence-corrected chi connectivity index (χ4v) is 2.13. The normalized spacial score (nSPS) is 11.7. The number of aromatic carboxylic acids is 1. The summed E-state index contributed by atoms with van der Waals surface area (Å²) >= 11 is 0. The predicted octanol–water partition coefficient (Wildman–Crippen LogP) is 3.81. The van der Waals surface area contributed by atoms with Crippen molar-refractivity contribution in [3.63, 3.8) is 0 Å². The Labute approximate surface area is 113 Å². The van der Waals surface area contributed by atoms with Gasteiger partial charge in [-0.1, -0.05) is 0 Å². The average Bonchev–Trinajstić information content (AvgIpc) is 2.67. The number of hydrogen-bond acceptors (Lipinski definition) is 1. The Kier molecular flexibility index (Phi) is 3.33. The van der Waals surface area contributed by atoms with Gasteiger partial charge >= 0.3 is 12.1 Å². The van der Waals surface area contributed by atoms with Crippen LogP contribution >= 0.6 is 0 Å². The number of halogens is 3. The smallest absolute Gasteiger partial charge is 0.416 e. The zero-order valence-electron chi connectivity index (χ0n) is 10.8. The van der Waals surface area contributed by atoms with E-state index in [9.17, 15) is 18.0 Å². The highest BCUT2D eigenvalue weighted by Gasteiger charge is 2.32. The Morgan fingerprint density at radius 3 is 2.10 bits per heavy atom. The second-order valence-electron chi connectivity index (χ2n) is 4.49. The molecule has 3 nitrogen and oxygen atoms in total. The van der Waals surface area contributed by atoms with E-state index < -0.39 is 17.7 Å². The summed E-state index contributed by atoms with van der Waals surface area (Å²) in [5.41, 5.74) is 0.392. The molecule has 2 aromatic rings. The second-order valence-corrected chi connectivity index (χ2v) is 4.49. The summed E-state index contributed by atoms with van der Waals surface area (Å²) in [4.78, 5) is 11.2. The number of aryl methyl sites for hydroxylation is 2. The zero-order chi connectivity index (χ0) is 15.1. The van der Waals surface area contributed by atoms with Crippen LogP contribution < -0.4 is 0 Å². The summed E-state index contributed by atoms with van der Waals surface area (Å²) in [6.45, 7) is 3.52. The van der Waals surface area contributed by atoms with Crippen LogP contribution in [0.3, 0.4) is 0 Å². The van der Waals surface area contributed by atoms with Crippen molar-refractivity contribution in [1.29, 1.82) is 0 Å². The Morgan fingerprint density at radius 2 is 1.65 bits per heavy atom. The lowest BCUT2D eigenvalue weighted by molar-refractivity contribution is -0.137. The molecular weight excluding hydrogens is 271 g/mol. The molecule has 0 atom stereocenters. The summed E-state index contributed by atoms with van der Waals surface area (Å²) in [5.74, 6) is -1.39. The lowest BCUT2D eigenvalue weighted by Crippen LogP contribution is -2.12. The maximum absolute atomic E-state index is 12.7. The van der Waals surface area contributed by atoms with E-state index in [0.717, 1.165) is 17.5 Å². The molecule has 106 valence electrons. The van der Waals surface area contributed by atoms with E-state index in [1.807, 2.05) is 0 Å². The fourth-order valence-electron chi connectivity index (χ4n) is 2.13. The van der Waals surface area contributed by atoms with Gasteiger partial charge in [0.05, 0.1) is 16.8 Å². The first kappa shape index (κ1) is 14.2. The second kappa shape index (κ2) is 4.70. The van der Waals surface area contributed by atoms with Crippen molar-refractivity contribution in [2.24, 2.45) is 0 Å². The minimum absolute atomic E-state index is 0.227. The van der Waals surface area contributed by atoms with Gasteiger partial charge in [0.2, 0.25) is 0 Å². The number of alkyl halides is 3. The Hall–Kier alpha value is -2.24. The first-order valence-corrected chi connectivity index (χ1v) is 5.81. The van der Waals surface area contributed by atoms with Gasteiger partial charge in [0.15, 0.2) is 0 Å². The summed E-state index contributed by atoms with van der Waals surface area (Å²) < 4.78 is 39.6. The molecule has 0 bridgehead atoms. The van der Waals surface area contributed by atoms with Crippen molar-refractivity contribution in [2.75, 3.05) is 0 Å². The highest BCUT2D eigenvalue weighted by Crippen LogP contribution is 2.32. The molecule has 0 aliphatic carbocycles. The van der Waals surface area contributed by atoms with Crippen molar-refractivity contribution < 1.29 is 23.1 Å². The quantitative estimate of drug-likeness (QED) is 0.910. The molecule has 0 aliphatic heterocycles. The lowest BCUT2D eigenvalue weighted by atomic mass is 10.1. The topological polar surface area (TPSA) is 42.2 Å². The Morgan fingerprint density at radius 1 is 1.10 bits per heavy atom. The molecule has 0 fully saturated rings. The minimum Gasteiger partial charge on any atom is -0.478 e. The molecule has 0 spiro atoms. The number of nitrogens with zero attached hydrogens (tertiary/aromatic N) is 1. The van der Waals surface area contributed by atoms with Crippen LogP contribution in [0.5, 0.6) is 0 Å². The number of rotatable bonds is 2. The third-order valence-electron chi connectivity index (χ3n) is 3.07. The van der Waals surface area contributed by atoms with Gasteiger partial charge in [-0.2, -0.15) is 13.2 Å². The highest BCUT2D eigenvalue weighted by atomic mass is 19.4. The fraction of sp³-hybridized carbons (Fsp3) is 0.214. The van der Waals surface area contributed by atoms with E-state index in [4.69, 9.17) is 5.11 Å². The molecule has 1 N–H and O–H groups in total. The number of hydrogen-bond donors (Lipinski definition) is 1. The van der Waals surface area contributed by atoms with Gasteiger partial charge in [0, 0.05) is 11.4 Å². The largest absolute Gasteiger partial charge is 0.478 e. The molecule has 0 saturated heterocycles. The van der Waals surface area contributed by atoms with Crippen molar-refractivity contribution in [3.8, 4) is 5.69 Å². The summed E-state index contributed by atoms with van der Waals surface area (Å²) in [6.07, 6.45) is -4.57. The molecular formula is C14H12F3NO2. The molecule has 0 radical (unpaired) electrons. The van der Waals surface area contributed by atoms with Crippen molar-refractivity contribution in [1.82, 2.24) is 4.57 Å². The highest BCUT2D eigenvalue weighted by molar-refractivity contribution is 5.92. The SMILES string of the molecule is Cc1ccc(C)n1-c1ccc(C(F)(F)F)cc1C(=O)O. The number of benzene rings is 1. The predicted molar refractivity (Wildman–Crippen MR) is 67.2 cm³/mol. The van der Waals surface area contributed by atoms with Crippen LogP contribution in [-0.2, 0) is 6.18 Å². The summed E-state index contributed by atoms with van der Waals surface area (Å²) in [6, 6.07) is 6.29. The van der Waals surface area contributed by atoms with E-state index in [0.29, 0.717) is 6.07 Å². The monoisotopic (exact) mass is 283 g/mol. The van der Waals surface area contributed by atoms with Crippen LogP contribution in [0.1, 0.15) is 27.3 Å².